The fraction of sp³-hybridized carbons (Fsp3) is 0.609. The molecule has 0 atom stereocenters. The van der Waals surface area contributed by atoms with Gasteiger partial charge in [0.15, 0.2) is 11.0 Å². The summed E-state index contributed by atoms with van der Waals surface area (Å²) in [6.07, 6.45) is 10.4. The van der Waals surface area contributed by atoms with E-state index < -0.39 is 0 Å². The smallest absolute Gasteiger partial charge is 0.221 e. The van der Waals surface area contributed by atoms with Crippen molar-refractivity contribution in [3.05, 3.63) is 36.2 Å². The van der Waals surface area contributed by atoms with Gasteiger partial charge in [-0.1, -0.05) is 55.6 Å². The standard InChI is InChI=1S/C23H33N5OS/c29-22(24-19-10-4-1-5-11-19)14-17-30-23-26-25-21(18-27-15-8-3-9-16-27)28(23)20-12-6-2-7-13-20/h2,6-7,12-13,19H,1,3-5,8-11,14-18H2,(H,24,29). The lowest BCUT2D eigenvalue weighted by atomic mass is 9.95. The Morgan fingerprint density at radius 2 is 1.73 bits per heavy atom. The van der Waals surface area contributed by atoms with Gasteiger partial charge in [-0.25, -0.2) is 0 Å². The Morgan fingerprint density at radius 3 is 2.50 bits per heavy atom. The molecule has 1 aromatic carbocycles. The Labute approximate surface area is 183 Å². The number of likely N-dealkylation sites (tertiary alicyclic amines) is 1. The average Bonchev–Trinajstić information content (AvgIpc) is 3.18. The molecule has 6 nitrogen and oxygen atoms in total. The van der Waals surface area contributed by atoms with Gasteiger partial charge in [0.1, 0.15) is 0 Å². The molecule has 1 amide bonds. The monoisotopic (exact) mass is 427 g/mol. The van der Waals surface area contributed by atoms with E-state index in [0.717, 1.165) is 49.1 Å². The largest absolute Gasteiger partial charge is 0.353 e. The Morgan fingerprint density at radius 1 is 1.00 bits per heavy atom. The van der Waals surface area contributed by atoms with E-state index >= 15 is 0 Å². The lowest BCUT2D eigenvalue weighted by Crippen LogP contribution is -2.36. The van der Waals surface area contributed by atoms with Crippen LogP contribution in [-0.4, -0.2) is 50.5 Å². The summed E-state index contributed by atoms with van der Waals surface area (Å²) in [4.78, 5) is 14.8. The molecule has 2 fully saturated rings. The van der Waals surface area contributed by atoms with Crippen molar-refractivity contribution in [1.82, 2.24) is 25.0 Å². The summed E-state index contributed by atoms with van der Waals surface area (Å²) in [5.41, 5.74) is 1.09. The number of hydrogen-bond acceptors (Lipinski definition) is 5. The number of aromatic nitrogens is 3. The Balaban J connectivity index is 1.38. The van der Waals surface area contributed by atoms with Gasteiger partial charge in [-0.3, -0.25) is 14.3 Å². The molecule has 0 radical (unpaired) electrons. The van der Waals surface area contributed by atoms with Gasteiger partial charge in [-0.05, 0) is 50.9 Å². The number of benzene rings is 1. The maximum atomic E-state index is 12.4. The molecule has 2 aromatic rings. The van der Waals surface area contributed by atoms with Crippen molar-refractivity contribution in [2.75, 3.05) is 18.8 Å². The minimum Gasteiger partial charge on any atom is -0.353 e. The second-order valence-corrected chi connectivity index (χ2v) is 9.47. The molecule has 1 aliphatic carbocycles. The van der Waals surface area contributed by atoms with E-state index in [1.807, 2.05) is 18.2 Å². The van der Waals surface area contributed by atoms with Gasteiger partial charge >= 0.3 is 0 Å². The maximum absolute atomic E-state index is 12.4. The van der Waals surface area contributed by atoms with Crippen LogP contribution in [0.1, 0.15) is 63.6 Å². The minimum absolute atomic E-state index is 0.161. The molecule has 1 aliphatic heterocycles. The third-order valence-electron chi connectivity index (χ3n) is 6.06. The number of carbonyl (C=O) groups excluding carboxylic acids is 1. The van der Waals surface area contributed by atoms with Crippen molar-refractivity contribution in [3.63, 3.8) is 0 Å². The van der Waals surface area contributed by atoms with Gasteiger partial charge in [-0.2, -0.15) is 0 Å². The molecule has 4 rings (SSSR count). The van der Waals surface area contributed by atoms with E-state index in [4.69, 9.17) is 0 Å². The molecule has 1 saturated heterocycles. The van der Waals surface area contributed by atoms with E-state index in [9.17, 15) is 4.79 Å². The third-order valence-corrected chi connectivity index (χ3v) is 6.99. The predicted octanol–water partition coefficient (Wildman–Crippen LogP) is 4.18. The molecule has 162 valence electrons. The van der Waals surface area contributed by atoms with Crippen molar-refractivity contribution in [2.24, 2.45) is 0 Å². The first-order valence-corrected chi connectivity index (χ1v) is 12.4. The zero-order chi connectivity index (χ0) is 20.6. The van der Waals surface area contributed by atoms with Crippen LogP contribution < -0.4 is 5.32 Å². The van der Waals surface area contributed by atoms with Crippen LogP contribution >= 0.6 is 11.8 Å². The van der Waals surface area contributed by atoms with Crippen molar-refractivity contribution >= 4 is 17.7 Å². The van der Waals surface area contributed by atoms with Crippen LogP contribution in [0.3, 0.4) is 0 Å². The molecular weight excluding hydrogens is 394 g/mol. The average molecular weight is 428 g/mol. The molecule has 1 N–H and O–H groups in total. The normalized spacial score (nSPS) is 18.4. The molecule has 1 saturated carbocycles. The van der Waals surface area contributed by atoms with Crippen LogP contribution in [0, 0.1) is 0 Å². The Kier molecular flexibility index (Phi) is 7.81. The van der Waals surface area contributed by atoms with Crippen molar-refractivity contribution in [2.45, 2.75) is 75.5 Å². The zero-order valence-corrected chi connectivity index (χ0v) is 18.6. The highest BCUT2D eigenvalue weighted by Gasteiger charge is 2.20. The number of nitrogens with zero attached hydrogens (tertiary/aromatic N) is 4. The first-order chi connectivity index (χ1) is 14.8. The SMILES string of the molecule is O=C(CCSc1nnc(CN2CCCCC2)n1-c1ccccc1)NC1CCCCC1. The zero-order valence-electron chi connectivity index (χ0n) is 17.8. The number of hydrogen-bond donors (Lipinski definition) is 1. The van der Waals surface area contributed by atoms with Crippen molar-refractivity contribution < 1.29 is 4.79 Å². The highest BCUT2D eigenvalue weighted by molar-refractivity contribution is 7.99. The molecule has 1 aromatic heterocycles. The summed E-state index contributed by atoms with van der Waals surface area (Å²) < 4.78 is 2.16. The maximum Gasteiger partial charge on any atom is 0.221 e. The van der Waals surface area contributed by atoms with Crippen LogP contribution in [0.5, 0.6) is 0 Å². The van der Waals surface area contributed by atoms with E-state index in [1.54, 1.807) is 11.8 Å². The molecule has 0 spiro atoms. The number of piperidine rings is 1. The van der Waals surface area contributed by atoms with Gasteiger partial charge in [0.2, 0.25) is 5.91 Å². The number of nitrogens with one attached hydrogen (secondary N) is 1. The summed E-state index contributed by atoms with van der Waals surface area (Å²) in [5.74, 6) is 1.86. The number of amides is 1. The summed E-state index contributed by atoms with van der Waals surface area (Å²) in [7, 11) is 0. The Bertz CT molecular complexity index is 797. The van der Waals surface area contributed by atoms with Gasteiger partial charge in [0.05, 0.1) is 6.54 Å². The van der Waals surface area contributed by atoms with Gasteiger partial charge in [0, 0.05) is 23.9 Å². The molecule has 2 aliphatic rings. The van der Waals surface area contributed by atoms with E-state index in [0.29, 0.717) is 18.2 Å². The van der Waals surface area contributed by atoms with Gasteiger partial charge in [0.25, 0.3) is 0 Å². The summed E-state index contributed by atoms with van der Waals surface area (Å²) >= 11 is 1.63. The van der Waals surface area contributed by atoms with Crippen LogP contribution in [0.15, 0.2) is 35.5 Å². The second kappa shape index (κ2) is 11.0. The van der Waals surface area contributed by atoms with Crippen molar-refractivity contribution in [3.8, 4) is 5.69 Å². The molecule has 0 bridgehead atoms. The lowest BCUT2D eigenvalue weighted by Gasteiger charge is -2.26. The second-order valence-electron chi connectivity index (χ2n) is 8.41. The first-order valence-electron chi connectivity index (χ1n) is 11.4. The van der Waals surface area contributed by atoms with E-state index in [2.05, 4.69) is 37.1 Å². The fourth-order valence-corrected chi connectivity index (χ4v) is 5.34. The van der Waals surface area contributed by atoms with Crippen LogP contribution in [0.25, 0.3) is 5.69 Å². The highest BCUT2D eigenvalue weighted by Crippen LogP contribution is 2.24. The minimum atomic E-state index is 0.161. The summed E-state index contributed by atoms with van der Waals surface area (Å²) in [6.45, 7) is 3.08. The highest BCUT2D eigenvalue weighted by atomic mass is 32.2. The molecular formula is C23H33N5OS. The third kappa shape index (κ3) is 5.85. The van der Waals surface area contributed by atoms with E-state index in [-0.39, 0.29) is 5.91 Å². The quantitative estimate of drug-likeness (QED) is 0.640. The number of carbonyl (C=O) groups is 1. The predicted molar refractivity (Wildman–Crippen MR) is 121 cm³/mol. The van der Waals surface area contributed by atoms with Crippen LogP contribution in [-0.2, 0) is 11.3 Å². The number of para-hydroxylation sites is 1. The number of thioether (sulfide) groups is 1. The van der Waals surface area contributed by atoms with Crippen molar-refractivity contribution in [1.29, 1.82) is 0 Å². The van der Waals surface area contributed by atoms with E-state index in [1.165, 1.54) is 38.5 Å². The van der Waals surface area contributed by atoms with Crippen LogP contribution in [0.4, 0.5) is 0 Å². The molecule has 30 heavy (non-hydrogen) atoms. The lowest BCUT2D eigenvalue weighted by molar-refractivity contribution is -0.121. The van der Waals surface area contributed by atoms with Gasteiger partial charge < -0.3 is 5.32 Å². The fourth-order valence-electron chi connectivity index (χ4n) is 4.43. The molecule has 7 heteroatoms. The molecule has 2 heterocycles. The number of rotatable bonds is 8. The first kappa shape index (κ1) is 21.4. The summed E-state index contributed by atoms with van der Waals surface area (Å²) in [6, 6.07) is 10.7. The summed E-state index contributed by atoms with van der Waals surface area (Å²) in [5, 5.41) is 13.1. The topological polar surface area (TPSA) is 63.1 Å². The van der Waals surface area contributed by atoms with Crippen LogP contribution in [0.2, 0.25) is 0 Å². The van der Waals surface area contributed by atoms with Gasteiger partial charge in [-0.15, -0.1) is 10.2 Å². The molecule has 0 unspecified atom stereocenters. The Hall–Kier alpha value is -1.86.